The van der Waals surface area contributed by atoms with Gasteiger partial charge in [-0.3, -0.25) is 14.5 Å². The average molecular weight is 347 g/mol. The predicted octanol–water partition coefficient (Wildman–Crippen LogP) is 1.61. The monoisotopic (exact) mass is 347 g/mol. The molecule has 1 aliphatic heterocycles. The molecule has 0 aromatic heterocycles. The molecule has 6 heteroatoms. The number of aryl methyl sites for hydroxylation is 1. The molecular formula is C19H29N3O3. The SMILES string of the molecule is CCCCNC(=O)C[C@H]1C(=O)NCCN1Cc1ccc(OC)c(C)c1. The van der Waals surface area contributed by atoms with Crippen LogP contribution in [0.3, 0.4) is 0 Å². The number of ether oxygens (including phenoxy) is 1. The number of nitrogens with one attached hydrogen (secondary N) is 2. The van der Waals surface area contributed by atoms with E-state index in [1.807, 2.05) is 19.1 Å². The number of unbranched alkanes of at least 4 members (excludes halogenated alkanes) is 1. The van der Waals surface area contributed by atoms with E-state index in [4.69, 9.17) is 4.74 Å². The molecule has 0 bridgehead atoms. The van der Waals surface area contributed by atoms with E-state index in [0.29, 0.717) is 19.6 Å². The highest BCUT2D eigenvalue weighted by Gasteiger charge is 2.31. The van der Waals surface area contributed by atoms with Gasteiger partial charge in [0.05, 0.1) is 19.6 Å². The van der Waals surface area contributed by atoms with Crippen molar-refractivity contribution in [1.29, 1.82) is 0 Å². The number of piperazine rings is 1. The van der Waals surface area contributed by atoms with E-state index >= 15 is 0 Å². The van der Waals surface area contributed by atoms with Gasteiger partial charge in [0.25, 0.3) is 0 Å². The van der Waals surface area contributed by atoms with Gasteiger partial charge in [-0.25, -0.2) is 0 Å². The summed E-state index contributed by atoms with van der Waals surface area (Å²) >= 11 is 0. The number of methoxy groups -OCH3 is 1. The fourth-order valence-corrected chi connectivity index (χ4v) is 3.10. The molecule has 0 unspecified atom stereocenters. The highest BCUT2D eigenvalue weighted by molar-refractivity contribution is 5.88. The van der Waals surface area contributed by atoms with Crippen LogP contribution in [0.15, 0.2) is 18.2 Å². The van der Waals surface area contributed by atoms with Crippen molar-refractivity contribution in [3.63, 3.8) is 0 Å². The van der Waals surface area contributed by atoms with Crippen LogP contribution >= 0.6 is 0 Å². The molecule has 1 aliphatic rings. The molecule has 1 fully saturated rings. The normalized spacial score (nSPS) is 17.9. The molecule has 0 spiro atoms. The lowest BCUT2D eigenvalue weighted by Crippen LogP contribution is -2.56. The molecule has 1 aromatic rings. The van der Waals surface area contributed by atoms with Gasteiger partial charge in [-0.2, -0.15) is 0 Å². The lowest BCUT2D eigenvalue weighted by atomic mass is 10.1. The van der Waals surface area contributed by atoms with E-state index in [1.165, 1.54) is 0 Å². The fourth-order valence-electron chi connectivity index (χ4n) is 3.10. The van der Waals surface area contributed by atoms with Crippen molar-refractivity contribution in [2.24, 2.45) is 0 Å². The molecule has 138 valence electrons. The Bertz CT molecular complexity index is 604. The highest BCUT2D eigenvalue weighted by atomic mass is 16.5. The zero-order chi connectivity index (χ0) is 18.2. The average Bonchev–Trinajstić information content (AvgIpc) is 2.58. The van der Waals surface area contributed by atoms with Crippen molar-refractivity contribution in [3.05, 3.63) is 29.3 Å². The van der Waals surface area contributed by atoms with Crippen LogP contribution in [0, 0.1) is 6.92 Å². The molecule has 25 heavy (non-hydrogen) atoms. The van der Waals surface area contributed by atoms with Crippen LogP contribution in [0.25, 0.3) is 0 Å². The Morgan fingerprint density at radius 2 is 2.24 bits per heavy atom. The van der Waals surface area contributed by atoms with E-state index in [9.17, 15) is 9.59 Å². The molecule has 6 nitrogen and oxygen atoms in total. The highest BCUT2D eigenvalue weighted by Crippen LogP contribution is 2.21. The van der Waals surface area contributed by atoms with Crippen LogP contribution in [0.1, 0.15) is 37.3 Å². The Balaban J connectivity index is 2.02. The second kappa shape index (κ2) is 9.42. The van der Waals surface area contributed by atoms with Gasteiger partial charge in [0.2, 0.25) is 11.8 Å². The first-order valence-corrected chi connectivity index (χ1v) is 8.97. The van der Waals surface area contributed by atoms with Crippen LogP contribution in [0.2, 0.25) is 0 Å². The summed E-state index contributed by atoms with van der Waals surface area (Å²) in [5.41, 5.74) is 2.18. The van der Waals surface area contributed by atoms with Gasteiger partial charge in [0.1, 0.15) is 5.75 Å². The summed E-state index contributed by atoms with van der Waals surface area (Å²) < 4.78 is 5.30. The van der Waals surface area contributed by atoms with Gasteiger partial charge < -0.3 is 15.4 Å². The summed E-state index contributed by atoms with van der Waals surface area (Å²) in [4.78, 5) is 26.5. The summed E-state index contributed by atoms with van der Waals surface area (Å²) in [6.45, 7) is 6.75. The van der Waals surface area contributed by atoms with E-state index < -0.39 is 6.04 Å². The summed E-state index contributed by atoms with van der Waals surface area (Å²) in [5, 5.41) is 5.77. The number of carbonyl (C=O) groups is 2. The van der Waals surface area contributed by atoms with Gasteiger partial charge in [-0.05, 0) is 30.5 Å². The minimum absolute atomic E-state index is 0.0635. The molecule has 0 radical (unpaired) electrons. The number of hydrogen-bond donors (Lipinski definition) is 2. The molecule has 1 atom stereocenters. The van der Waals surface area contributed by atoms with Crippen molar-refractivity contribution in [2.45, 2.75) is 45.7 Å². The zero-order valence-corrected chi connectivity index (χ0v) is 15.4. The second-order valence-electron chi connectivity index (χ2n) is 6.49. The number of nitrogens with zero attached hydrogens (tertiary/aromatic N) is 1. The van der Waals surface area contributed by atoms with Crippen molar-refractivity contribution in [3.8, 4) is 5.75 Å². The largest absolute Gasteiger partial charge is 0.496 e. The fraction of sp³-hybridized carbons (Fsp3) is 0.579. The molecule has 0 saturated carbocycles. The van der Waals surface area contributed by atoms with Crippen molar-refractivity contribution in [1.82, 2.24) is 15.5 Å². The lowest BCUT2D eigenvalue weighted by Gasteiger charge is -2.34. The van der Waals surface area contributed by atoms with Gasteiger partial charge in [0.15, 0.2) is 0 Å². The summed E-state index contributed by atoms with van der Waals surface area (Å²) in [5.74, 6) is 0.723. The number of amides is 2. The Hall–Kier alpha value is -2.08. The standard InChI is InChI=1S/C19H29N3O3/c1-4-5-8-20-18(23)12-16-19(24)21-9-10-22(16)13-15-6-7-17(25-3)14(2)11-15/h6-7,11,16H,4-5,8-10,12-13H2,1-3H3,(H,20,23)(H,21,24)/t16-/m0/s1. The molecule has 1 heterocycles. The van der Waals surface area contributed by atoms with Gasteiger partial charge in [0, 0.05) is 26.2 Å². The number of benzene rings is 1. The second-order valence-corrected chi connectivity index (χ2v) is 6.49. The van der Waals surface area contributed by atoms with E-state index in [1.54, 1.807) is 7.11 Å². The van der Waals surface area contributed by atoms with Gasteiger partial charge >= 0.3 is 0 Å². The molecular weight excluding hydrogens is 318 g/mol. The maximum Gasteiger partial charge on any atom is 0.237 e. The smallest absolute Gasteiger partial charge is 0.237 e. The molecule has 2 rings (SSSR count). The van der Waals surface area contributed by atoms with Crippen molar-refractivity contribution in [2.75, 3.05) is 26.7 Å². The van der Waals surface area contributed by atoms with Crippen LogP contribution in [-0.4, -0.2) is 49.5 Å². The Labute approximate surface area is 149 Å². The quantitative estimate of drug-likeness (QED) is 0.701. The summed E-state index contributed by atoms with van der Waals surface area (Å²) in [6.07, 6.45) is 2.19. The van der Waals surface area contributed by atoms with E-state index in [-0.39, 0.29) is 18.2 Å². The molecule has 0 aliphatic carbocycles. The van der Waals surface area contributed by atoms with Gasteiger partial charge in [-0.15, -0.1) is 0 Å². The van der Waals surface area contributed by atoms with Crippen LogP contribution < -0.4 is 15.4 Å². The van der Waals surface area contributed by atoms with Crippen molar-refractivity contribution < 1.29 is 14.3 Å². The van der Waals surface area contributed by atoms with Gasteiger partial charge in [-0.1, -0.05) is 25.5 Å². The van der Waals surface area contributed by atoms with Crippen LogP contribution in [-0.2, 0) is 16.1 Å². The van der Waals surface area contributed by atoms with Crippen LogP contribution in [0.4, 0.5) is 0 Å². The third-order valence-corrected chi connectivity index (χ3v) is 4.52. The molecule has 2 N–H and O–H groups in total. The summed E-state index contributed by atoms with van der Waals surface area (Å²) in [6, 6.07) is 5.61. The lowest BCUT2D eigenvalue weighted by molar-refractivity contribution is -0.134. The topological polar surface area (TPSA) is 70.7 Å². The van der Waals surface area contributed by atoms with E-state index in [2.05, 4.69) is 28.5 Å². The zero-order valence-electron chi connectivity index (χ0n) is 15.4. The Kier molecular flexibility index (Phi) is 7.25. The first-order chi connectivity index (χ1) is 12.0. The first kappa shape index (κ1) is 19.2. The maximum absolute atomic E-state index is 12.3. The Morgan fingerprint density at radius 3 is 2.92 bits per heavy atom. The molecule has 2 amide bonds. The van der Waals surface area contributed by atoms with E-state index in [0.717, 1.165) is 36.3 Å². The molecule has 1 saturated heterocycles. The number of carbonyl (C=O) groups excluding carboxylic acids is 2. The predicted molar refractivity (Wildman–Crippen MR) is 97.5 cm³/mol. The number of rotatable bonds is 8. The third kappa shape index (κ3) is 5.46. The minimum Gasteiger partial charge on any atom is -0.496 e. The van der Waals surface area contributed by atoms with Crippen molar-refractivity contribution >= 4 is 11.8 Å². The van der Waals surface area contributed by atoms with Crippen LogP contribution in [0.5, 0.6) is 5.75 Å². The first-order valence-electron chi connectivity index (χ1n) is 8.97. The minimum atomic E-state index is -0.419. The number of hydrogen-bond acceptors (Lipinski definition) is 4. The Morgan fingerprint density at radius 1 is 1.44 bits per heavy atom. The maximum atomic E-state index is 12.3. The molecule has 1 aromatic carbocycles. The third-order valence-electron chi connectivity index (χ3n) is 4.52. The summed E-state index contributed by atoms with van der Waals surface area (Å²) in [7, 11) is 1.66.